The third-order valence-corrected chi connectivity index (χ3v) is 2.44. The Morgan fingerprint density at radius 1 is 1.40 bits per heavy atom. The maximum Gasteiger partial charge on any atom is 0.150 e. The molecule has 5 heteroatoms. The second-order valence-electron chi connectivity index (χ2n) is 3.52. The van der Waals surface area contributed by atoms with Gasteiger partial charge in [0.1, 0.15) is 5.82 Å². The number of aryl methyl sites for hydroxylation is 1. The number of hydrogen-bond donors (Lipinski definition) is 2. The van der Waals surface area contributed by atoms with Crippen LogP contribution in [-0.2, 0) is 0 Å². The quantitative estimate of drug-likeness (QED) is 0.773. The van der Waals surface area contributed by atoms with Crippen LogP contribution in [0.25, 0.3) is 0 Å². The Morgan fingerprint density at radius 3 is 2.40 bits per heavy atom. The minimum atomic E-state index is -1.40. The van der Waals surface area contributed by atoms with E-state index in [2.05, 4.69) is 0 Å². The lowest BCUT2D eigenvalue weighted by atomic mass is 10.0. The van der Waals surface area contributed by atoms with Crippen molar-refractivity contribution in [3.05, 3.63) is 33.9 Å². The normalized spacial score (nSPS) is 15.1. The lowest BCUT2D eigenvalue weighted by Crippen LogP contribution is -2.26. The van der Waals surface area contributed by atoms with Crippen LogP contribution in [0.3, 0.4) is 0 Å². The van der Waals surface area contributed by atoms with Crippen LogP contribution in [0.1, 0.15) is 24.2 Å². The second kappa shape index (κ2) is 4.43. The molecule has 15 heavy (non-hydrogen) atoms. The summed E-state index contributed by atoms with van der Waals surface area (Å²) in [5, 5.41) is 9.33. The lowest BCUT2D eigenvalue weighted by Gasteiger charge is -2.18. The molecule has 0 spiro atoms. The van der Waals surface area contributed by atoms with Gasteiger partial charge >= 0.3 is 0 Å². The van der Waals surface area contributed by atoms with Crippen LogP contribution in [0.5, 0.6) is 0 Å². The van der Waals surface area contributed by atoms with Crippen LogP contribution in [0.4, 0.5) is 8.78 Å². The number of benzene rings is 1. The van der Waals surface area contributed by atoms with Crippen molar-refractivity contribution in [2.45, 2.75) is 26.0 Å². The highest BCUT2D eigenvalue weighted by atomic mass is 35.5. The predicted molar refractivity (Wildman–Crippen MR) is 54.7 cm³/mol. The summed E-state index contributed by atoms with van der Waals surface area (Å²) in [6.45, 7) is 2.90. The number of nitrogens with two attached hydrogens (primary N) is 1. The molecule has 0 aromatic heterocycles. The summed E-state index contributed by atoms with van der Waals surface area (Å²) >= 11 is 5.55. The number of halogens is 3. The standard InChI is InChI=1S/C10H12ClF2NO/c1-4-3-6(11)9(13)7(8(4)12)10(15)5(2)14/h3,5,10,15H,14H2,1-2H3. The van der Waals surface area contributed by atoms with Crippen molar-refractivity contribution in [2.24, 2.45) is 5.73 Å². The van der Waals surface area contributed by atoms with Gasteiger partial charge < -0.3 is 10.8 Å². The number of hydrogen-bond acceptors (Lipinski definition) is 2. The molecule has 84 valence electrons. The van der Waals surface area contributed by atoms with Crippen LogP contribution in [0.15, 0.2) is 6.07 Å². The molecule has 0 aliphatic rings. The molecule has 0 aliphatic carbocycles. The van der Waals surface area contributed by atoms with Crippen molar-refractivity contribution < 1.29 is 13.9 Å². The Morgan fingerprint density at radius 2 is 1.93 bits per heavy atom. The zero-order valence-electron chi connectivity index (χ0n) is 8.39. The van der Waals surface area contributed by atoms with Crippen molar-refractivity contribution in [2.75, 3.05) is 0 Å². The summed E-state index contributed by atoms with van der Waals surface area (Å²) in [5.41, 5.74) is 5.09. The van der Waals surface area contributed by atoms with E-state index < -0.39 is 29.3 Å². The molecule has 1 aromatic rings. The zero-order chi connectivity index (χ0) is 11.7. The highest BCUT2D eigenvalue weighted by molar-refractivity contribution is 6.30. The van der Waals surface area contributed by atoms with Crippen LogP contribution in [0.2, 0.25) is 5.02 Å². The SMILES string of the molecule is Cc1cc(Cl)c(F)c(C(O)C(C)N)c1F. The molecule has 0 heterocycles. The van der Waals surface area contributed by atoms with E-state index in [1.165, 1.54) is 19.9 Å². The summed E-state index contributed by atoms with van der Waals surface area (Å²) < 4.78 is 27.0. The van der Waals surface area contributed by atoms with Crippen molar-refractivity contribution in [3.8, 4) is 0 Å². The summed E-state index contributed by atoms with van der Waals surface area (Å²) in [7, 11) is 0. The summed E-state index contributed by atoms with van der Waals surface area (Å²) in [6.07, 6.45) is -1.40. The van der Waals surface area contributed by atoms with Gasteiger partial charge in [0.25, 0.3) is 0 Å². The largest absolute Gasteiger partial charge is 0.387 e. The first-order chi connectivity index (χ1) is 6.86. The Labute approximate surface area is 91.7 Å². The molecular weight excluding hydrogens is 224 g/mol. The van der Waals surface area contributed by atoms with Gasteiger partial charge in [-0.05, 0) is 25.5 Å². The molecule has 0 saturated carbocycles. The van der Waals surface area contributed by atoms with E-state index in [1.54, 1.807) is 0 Å². The summed E-state index contributed by atoms with van der Waals surface area (Å²) in [4.78, 5) is 0. The van der Waals surface area contributed by atoms with Gasteiger partial charge in [-0.1, -0.05) is 11.6 Å². The second-order valence-corrected chi connectivity index (χ2v) is 3.93. The molecule has 0 radical (unpaired) electrons. The molecule has 0 saturated heterocycles. The molecule has 2 atom stereocenters. The molecule has 0 fully saturated rings. The highest BCUT2D eigenvalue weighted by Crippen LogP contribution is 2.29. The summed E-state index contributed by atoms with van der Waals surface area (Å²) in [5.74, 6) is -1.76. The number of aliphatic hydroxyl groups is 1. The van der Waals surface area contributed by atoms with Gasteiger partial charge in [0, 0.05) is 6.04 Å². The van der Waals surface area contributed by atoms with Gasteiger partial charge in [-0.25, -0.2) is 8.78 Å². The maximum absolute atomic E-state index is 13.5. The third kappa shape index (κ3) is 2.27. The topological polar surface area (TPSA) is 46.2 Å². The van der Waals surface area contributed by atoms with Gasteiger partial charge in [-0.15, -0.1) is 0 Å². The Bertz CT molecular complexity index is 356. The van der Waals surface area contributed by atoms with Crippen LogP contribution >= 0.6 is 11.6 Å². The van der Waals surface area contributed by atoms with Gasteiger partial charge in [-0.2, -0.15) is 0 Å². The molecular formula is C10H12ClF2NO. The van der Waals surface area contributed by atoms with Crippen molar-refractivity contribution >= 4 is 11.6 Å². The van der Waals surface area contributed by atoms with Crippen LogP contribution < -0.4 is 5.73 Å². The molecule has 1 rings (SSSR count). The van der Waals surface area contributed by atoms with E-state index >= 15 is 0 Å². The van der Waals surface area contributed by atoms with E-state index in [1.807, 2.05) is 0 Å². The van der Waals surface area contributed by atoms with Crippen LogP contribution in [-0.4, -0.2) is 11.1 Å². The maximum atomic E-state index is 13.5. The highest BCUT2D eigenvalue weighted by Gasteiger charge is 2.24. The van der Waals surface area contributed by atoms with E-state index in [4.69, 9.17) is 17.3 Å². The molecule has 3 N–H and O–H groups in total. The molecule has 1 aromatic carbocycles. The van der Waals surface area contributed by atoms with Gasteiger partial charge in [0.15, 0.2) is 5.82 Å². The fourth-order valence-electron chi connectivity index (χ4n) is 1.28. The van der Waals surface area contributed by atoms with E-state index in [0.717, 1.165) is 0 Å². The molecule has 2 unspecified atom stereocenters. The van der Waals surface area contributed by atoms with Crippen molar-refractivity contribution in [1.82, 2.24) is 0 Å². The molecule has 0 bridgehead atoms. The minimum absolute atomic E-state index is 0.177. The first kappa shape index (κ1) is 12.4. The lowest BCUT2D eigenvalue weighted by molar-refractivity contribution is 0.144. The predicted octanol–water partition coefficient (Wildman–Crippen LogP) is 2.31. The Hall–Kier alpha value is -0.710. The molecule has 2 nitrogen and oxygen atoms in total. The smallest absolute Gasteiger partial charge is 0.150 e. The Balaban J connectivity index is 3.39. The molecule has 0 amide bonds. The number of rotatable bonds is 2. The minimum Gasteiger partial charge on any atom is -0.387 e. The average Bonchev–Trinajstić information content (AvgIpc) is 2.15. The number of aliphatic hydroxyl groups excluding tert-OH is 1. The van der Waals surface area contributed by atoms with E-state index in [-0.39, 0.29) is 10.6 Å². The van der Waals surface area contributed by atoms with E-state index in [0.29, 0.717) is 0 Å². The van der Waals surface area contributed by atoms with Crippen LogP contribution in [0, 0.1) is 18.6 Å². The van der Waals surface area contributed by atoms with Crippen molar-refractivity contribution in [1.29, 1.82) is 0 Å². The Kier molecular flexibility index (Phi) is 3.65. The monoisotopic (exact) mass is 235 g/mol. The third-order valence-electron chi connectivity index (χ3n) is 2.17. The fourth-order valence-corrected chi connectivity index (χ4v) is 1.54. The van der Waals surface area contributed by atoms with Crippen molar-refractivity contribution in [3.63, 3.8) is 0 Å². The van der Waals surface area contributed by atoms with Gasteiger partial charge in [0.2, 0.25) is 0 Å². The van der Waals surface area contributed by atoms with Gasteiger partial charge in [0.05, 0.1) is 16.7 Å². The molecule has 0 aliphatic heterocycles. The summed E-state index contributed by atoms with van der Waals surface area (Å²) in [6, 6.07) is 0.399. The average molecular weight is 236 g/mol. The first-order valence-electron chi connectivity index (χ1n) is 4.44. The van der Waals surface area contributed by atoms with E-state index in [9.17, 15) is 13.9 Å². The van der Waals surface area contributed by atoms with Gasteiger partial charge in [-0.3, -0.25) is 0 Å². The first-order valence-corrected chi connectivity index (χ1v) is 4.81. The zero-order valence-corrected chi connectivity index (χ0v) is 9.15. The fraction of sp³-hybridized carbons (Fsp3) is 0.400.